The smallest absolute Gasteiger partial charge is 0.348 e. The third-order valence-corrected chi connectivity index (χ3v) is 3.91. The molecule has 0 atom stereocenters. The topological polar surface area (TPSA) is 84.5 Å². The molecule has 0 aliphatic rings. The van der Waals surface area contributed by atoms with Crippen LogP contribution in [0.4, 0.5) is 14.5 Å². The molecule has 0 saturated heterocycles. The average molecular weight is 368 g/mol. The number of carbonyl (C=O) groups excluding carboxylic acids is 3. The molecule has 0 saturated carbocycles. The summed E-state index contributed by atoms with van der Waals surface area (Å²) in [6, 6.07) is 6.22. The Balaban J connectivity index is 1.72. The van der Waals surface area contributed by atoms with Gasteiger partial charge < -0.3 is 15.4 Å². The van der Waals surface area contributed by atoms with E-state index in [0.29, 0.717) is 4.88 Å². The summed E-state index contributed by atoms with van der Waals surface area (Å²) in [5, 5.41) is 4.54. The van der Waals surface area contributed by atoms with Crippen LogP contribution in [-0.4, -0.2) is 30.9 Å². The number of carbonyl (C=O) groups is 3. The molecule has 2 N–H and O–H groups in total. The lowest BCUT2D eigenvalue weighted by molar-refractivity contribution is -0.126. The van der Waals surface area contributed by atoms with Crippen molar-refractivity contribution in [2.75, 3.05) is 18.5 Å². The SMILES string of the molecule is Cc1ccc(C(=O)OCC(=O)NCC(=O)Nc2ccc(F)c(F)c2)s1. The number of amides is 2. The largest absolute Gasteiger partial charge is 0.451 e. The Morgan fingerprint density at radius 1 is 1.08 bits per heavy atom. The monoisotopic (exact) mass is 368 g/mol. The highest BCUT2D eigenvalue weighted by atomic mass is 32.1. The quantitative estimate of drug-likeness (QED) is 0.766. The minimum atomic E-state index is -1.10. The van der Waals surface area contributed by atoms with Gasteiger partial charge in [-0.2, -0.15) is 0 Å². The minimum Gasteiger partial charge on any atom is -0.451 e. The standard InChI is InChI=1S/C16H14F2N2O4S/c1-9-2-5-13(25-9)16(23)24-8-15(22)19-7-14(21)20-10-3-4-11(17)12(18)6-10/h2-6H,7-8H2,1H3,(H,19,22)(H,20,21). The maximum atomic E-state index is 13.0. The van der Waals surface area contributed by atoms with Gasteiger partial charge >= 0.3 is 5.97 Å². The van der Waals surface area contributed by atoms with E-state index >= 15 is 0 Å². The molecule has 1 aromatic carbocycles. The Labute approximate surface area is 145 Å². The number of anilines is 1. The van der Waals surface area contributed by atoms with Crippen LogP contribution in [0.15, 0.2) is 30.3 Å². The molecular weight excluding hydrogens is 354 g/mol. The van der Waals surface area contributed by atoms with Crippen molar-refractivity contribution in [2.45, 2.75) is 6.92 Å². The van der Waals surface area contributed by atoms with Gasteiger partial charge in [0.25, 0.3) is 5.91 Å². The Morgan fingerprint density at radius 3 is 2.48 bits per heavy atom. The zero-order valence-electron chi connectivity index (χ0n) is 13.1. The van der Waals surface area contributed by atoms with E-state index in [-0.39, 0.29) is 5.69 Å². The van der Waals surface area contributed by atoms with Crippen molar-refractivity contribution in [2.24, 2.45) is 0 Å². The van der Waals surface area contributed by atoms with Crippen LogP contribution < -0.4 is 10.6 Å². The number of rotatable bonds is 6. The molecule has 0 radical (unpaired) electrons. The minimum absolute atomic E-state index is 0.0534. The second kappa shape index (κ2) is 8.34. The fourth-order valence-electron chi connectivity index (χ4n) is 1.76. The third kappa shape index (κ3) is 5.64. The highest BCUT2D eigenvalue weighted by molar-refractivity contribution is 7.13. The van der Waals surface area contributed by atoms with Gasteiger partial charge in [-0.15, -0.1) is 11.3 Å². The highest BCUT2D eigenvalue weighted by Gasteiger charge is 2.13. The zero-order chi connectivity index (χ0) is 18.4. The van der Waals surface area contributed by atoms with E-state index < -0.39 is 42.6 Å². The van der Waals surface area contributed by atoms with Crippen molar-refractivity contribution in [3.05, 3.63) is 51.7 Å². The van der Waals surface area contributed by atoms with Crippen LogP contribution in [-0.2, 0) is 14.3 Å². The van der Waals surface area contributed by atoms with Crippen LogP contribution in [0.2, 0.25) is 0 Å². The van der Waals surface area contributed by atoms with Gasteiger partial charge in [0.15, 0.2) is 18.2 Å². The summed E-state index contributed by atoms with van der Waals surface area (Å²) < 4.78 is 30.6. The second-order valence-corrected chi connectivity index (χ2v) is 6.23. The molecule has 0 bridgehead atoms. The molecule has 0 aliphatic heterocycles. The molecule has 9 heteroatoms. The van der Waals surface area contributed by atoms with Crippen LogP contribution in [0, 0.1) is 18.6 Å². The van der Waals surface area contributed by atoms with E-state index in [1.807, 2.05) is 6.92 Å². The number of aryl methyl sites for hydroxylation is 1. The van der Waals surface area contributed by atoms with E-state index in [4.69, 9.17) is 4.74 Å². The molecule has 0 spiro atoms. The molecule has 1 aromatic heterocycles. The number of esters is 1. The summed E-state index contributed by atoms with van der Waals surface area (Å²) in [5.41, 5.74) is 0.0534. The Morgan fingerprint density at radius 2 is 1.84 bits per heavy atom. The Kier molecular flexibility index (Phi) is 6.18. The first-order chi connectivity index (χ1) is 11.8. The van der Waals surface area contributed by atoms with Crippen molar-refractivity contribution >= 4 is 34.8 Å². The average Bonchev–Trinajstić information content (AvgIpc) is 3.00. The zero-order valence-corrected chi connectivity index (χ0v) is 13.9. The predicted molar refractivity (Wildman–Crippen MR) is 87.3 cm³/mol. The van der Waals surface area contributed by atoms with Gasteiger partial charge in [-0.05, 0) is 31.2 Å². The van der Waals surface area contributed by atoms with E-state index in [1.165, 1.54) is 17.4 Å². The maximum absolute atomic E-state index is 13.0. The van der Waals surface area contributed by atoms with Gasteiger partial charge in [0, 0.05) is 16.6 Å². The summed E-state index contributed by atoms with van der Waals surface area (Å²) in [4.78, 5) is 36.2. The van der Waals surface area contributed by atoms with Crippen molar-refractivity contribution in [1.82, 2.24) is 5.32 Å². The van der Waals surface area contributed by atoms with Gasteiger partial charge in [-0.3, -0.25) is 9.59 Å². The number of halogens is 2. The van der Waals surface area contributed by atoms with Gasteiger partial charge in [-0.1, -0.05) is 0 Å². The number of thiophene rings is 1. The molecule has 132 valence electrons. The van der Waals surface area contributed by atoms with Crippen LogP contribution in [0.3, 0.4) is 0 Å². The Bertz CT molecular complexity index is 807. The van der Waals surface area contributed by atoms with Crippen molar-refractivity contribution in [1.29, 1.82) is 0 Å². The van der Waals surface area contributed by atoms with Crippen LogP contribution >= 0.6 is 11.3 Å². The number of hydrogen-bond acceptors (Lipinski definition) is 5. The van der Waals surface area contributed by atoms with E-state index in [0.717, 1.165) is 17.0 Å². The van der Waals surface area contributed by atoms with Crippen LogP contribution in [0.25, 0.3) is 0 Å². The fraction of sp³-hybridized carbons (Fsp3) is 0.188. The second-order valence-electron chi connectivity index (χ2n) is 4.94. The molecule has 2 amide bonds. The van der Waals surface area contributed by atoms with Crippen LogP contribution in [0.1, 0.15) is 14.5 Å². The van der Waals surface area contributed by atoms with E-state index in [1.54, 1.807) is 12.1 Å². The normalized spacial score (nSPS) is 10.2. The first kappa shape index (κ1) is 18.5. The first-order valence-electron chi connectivity index (χ1n) is 7.10. The molecule has 1 heterocycles. The molecule has 6 nitrogen and oxygen atoms in total. The first-order valence-corrected chi connectivity index (χ1v) is 7.92. The number of ether oxygens (including phenoxy) is 1. The van der Waals surface area contributed by atoms with Crippen molar-refractivity contribution < 1.29 is 27.9 Å². The van der Waals surface area contributed by atoms with E-state index in [2.05, 4.69) is 10.6 Å². The lowest BCUT2D eigenvalue weighted by Gasteiger charge is -2.07. The summed E-state index contributed by atoms with van der Waals surface area (Å²) in [7, 11) is 0. The molecule has 0 fully saturated rings. The molecule has 2 rings (SSSR count). The maximum Gasteiger partial charge on any atom is 0.348 e. The summed E-state index contributed by atoms with van der Waals surface area (Å²) in [6.07, 6.45) is 0. The number of nitrogens with one attached hydrogen (secondary N) is 2. The van der Waals surface area contributed by atoms with E-state index in [9.17, 15) is 23.2 Å². The van der Waals surface area contributed by atoms with Gasteiger partial charge in [-0.25, -0.2) is 13.6 Å². The van der Waals surface area contributed by atoms with Gasteiger partial charge in [0.2, 0.25) is 5.91 Å². The summed E-state index contributed by atoms with van der Waals surface area (Å²) >= 11 is 1.24. The van der Waals surface area contributed by atoms with Gasteiger partial charge in [0.1, 0.15) is 4.88 Å². The lowest BCUT2D eigenvalue weighted by Crippen LogP contribution is -2.35. The lowest BCUT2D eigenvalue weighted by atomic mass is 10.3. The van der Waals surface area contributed by atoms with Crippen LogP contribution in [0.5, 0.6) is 0 Å². The molecule has 0 unspecified atom stereocenters. The molecule has 2 aromatic rings. The predicted octanol–water partition coefficient (Wildman–Crippen LogP) is 2.25. The van der Waals surface area contributed by atoms with Gasteiger partial charge in [0.05, 0.1) is 6.54 Å². The van der Waals surface area contributed by atoms with Crippen molar-refractivity contribution in [3.8, 4) is 0 Å². The summed E-state index contributed by atoms with van der Waals surface area (Å²) in [6.45, 7) is 0.890. The Hall–Kier alpha value is -2.81. The molecule has 25 heavy (non-hydrogen) atoms. The number of benzene rings is 1. The summed E-state index contributed by atoms with van der Waals surface area (Å²) in [5.74, 6) is -4.06. The molecular formula is C16H14F2N2O4S. The van der Waals surface area contributed by atoms with Crippen molar-refractivity contribution in [3.63, 3.8) is 0 Å². The molecule has 0 aliphatic carbocycles. The fourth-order valence-corrected chi connectivity index (χ4v) is 2.52. The third-order valence-electron chi connectivity index (χ3n) is 2.93. The highest BCUT2D eigenvalue weighted by Crippen LogP contribution is 2.16. The number of hydrogen-bond donors (Lipinski definition) is 2.